The molecule has 0 aliphatic carbocycles. The van der Waals surface area contributed by atoms with Gasteiger partial charge in [0.25, 0.3) is 0 Å². The van der Waals surface area contributed by atoms with Crippen LogP contribution in [0.3, 0.4) is 0 Å². The van der Waals surface area contributed by atoms with Crippen molar-refractivity contribution in [1.29, 1.82) is 0 Å². The van der Waals surface area contributed by atoms with Crippen LogP contribution in [-0.2, 0) is 0 Å². The lowest BCUT2D eigenvalue weighted by atomic mass is 10.2. The molecule has 0 atom stereocenters. The lowest BCUT2D eigenvalue weighted by molar-refractivity contribution is 1.29. The van der Waals surface area contributed by atoms with Gasteiger partial charge >= 0.3 is 0 Å². The van der Waals surface area contributed by atoms with Crippen molar-refractivity contribution in [3.8, 4) is 0 Å². The number of nitrogens with two attached hydrogens (primary N) is 1. The zero-order valence-corrected chi connectivity index (χ0v) is 6.07. The molecule has 0 aliphatic rings. The Hall–Kier alpha value is -0.980. The molecule has 0 rings (SSSR count). The molecule has 0 saturated heterocycles. The van der Waals surface area contributed by atoms with Crippen molar-refractivity contribution in [3.05, 3.63) is 36.1 Å². The van der Waals surface area contributed by atoms with E-state index < -0.39 is 0 Å². The van der Waals surface area contributed by atoms with Crippen molar-refractivity contribution >= 4 is 0 Å². The molecule has 2 N–H and O–H groups in total. The topological polar surface area (TPSA) is 26.0 Å². The van der Waals surface area contributed by atoms with Gasteiger partial charge in [-0.25, -0.2) is 0 Å². The second-order valence-corrected chi connectivity index (χ2v) is 2.23. The van der Waals surface area contributed by atoms with E-state index in [4.69, 9.17) is 5.73 Å². The van der Waals surface area contributed by atoms with Crippen LogP contribution in [-0.4, -0.2) is 0 Å². The lowest BCUT2D eigenvalue weighted by Gasteiger charge is -1.96. The van der Waals surface area contributed by atoms with Crippen LogP contribution in [0.1, 0.15) is 13.8 Å². The van der Waals surface area contributed by atoms with Crippen molar-refractivity contribution < 1.29 is 0 Å². The second kappa shape index (κ2) is 3.13. The normalized spacial score (nSPS) is 11.1. The van der Waals surface area contributed by atoms with E-state index in [-0.39, 0.29) is 0 Å². The Morgan fingerprint density at radius 1 is 1.33 bits per heavy atom. The van der Waals surface area contributed by atoms with Crippen molar-refractivity contribution in [2.45, 2.75) is 13.8 Å². The number of hydrogen-bond acceptors (Lipinski definition) is 1. The molecule has 50 valence electrons. The van der Waals surface area contributed by atoms with E-state index in [0.717, 1.165) is 11.1 Å². The maximum Gasteiger partial charge on any atom is 0.0340 e. The molecule has 1 heteroatoms. The van der Waals surface area contributed by atoms with E-state index in [1.807, 2.05) is 19.9 Å². The number of rotatable bonds is 2. The molecule has 0 unspecified atom stereocenters. The molecule has 0 aromatic rings. The fourth-order valence-corrected chi connectivity index (χ4v) is 0.389. The maximum atomic E-state index is 5.52. The first-order valence-corrected chi connectivity index (χ1v) is 2.82. The molecule has 9 heavy (non-hydrogen) atoms. The van der Waals surface area contributed by atoms with Gasteiger partial charge < -0.3 is 5.73 Å². The van der Waals surface area contributed by atoms with Crippen molar-refractivity contribution in [1.82, 2.24) is 0 Å². The van der Waals surface area contributed by atoms with Gasteiger partial charge in [-0.15, -0.1) is 0 Å². The van der Waals surface area contributed by atoms with Crippen molar-refractivity contribution in [2.75, 3.05) is 0 Å². The third-order valence-electron chi connectivity index (χ3n) is 0.895. The smallest absolute Gasteiger partial charge is 0.0340 e. The first-order chi connectivity index (χ1) is 4.04. The van der Waals surface area contributed by atoms with Gasteiger partial charge in [-0.3, -0.25) is 0 Å². The highest BCUT2D eigenvalue weighted by Gasteiger charge is 1.87. The fourth-order valence-electron chi connectivity index (χ4n) is 0.389. The minimum atomic E-state index is 0.711. The van der Waals surface area contributed by atoms with E-state index in [2.05, 4.69) is 13.2 Å². The van der Waals surface area contributed by atoms with Crippen LogP contribution in [0.2, 0.25) is 0 Å². The highest BCUT2D eigenvalue weighted by molar-refractivity contribution is 5.29. The molecule has 0 spiro atoms. The van der Waals surface area contributed by atoms with Crippen LogP contribution in [0.15, 0.2) is 36.1 Å². The van der Waals surface area contributed by atoms with Gasteiger partial charge in [0.15, 0.2) is 0 Å². The molecule has 0 fully saturated rings. The zero-order chi connectivity index (χ0) is 7.44. The van der Waals surface area contributed by atoms with Crippen molar-refractivity contribution in [3.63, 3.8) is 0 Å². The summed E-state index contributed by atoms with van der Waals surface area (Å²) >= 11 is 0. The van der Waals surface area contributed by atoms with Crippen molar-refractivity contribution in [2.24, 2.45) is 5.73 Å². The average Bonchev–Trinajstić information content (AvgIpc) is 1.63. The molecule has 0 bridgehead atoms. The quantitative estimate of drug-likeness (QED) is 0.558. The van der Waals surface area contributed by atoms with Gasteiger partial charge in [-0.2, -0.15) is 0 Å². The van der Waals surface area contributed by atoms with E-state index in [9.17, 15) is 0 Å². The Labute approximate surface area is 56.6 Å². The molecule has 0 radical (unpaired) electrons. The molecule has 0 aromatic heterocycles. The zero-order valence-electron chi connectivity index (χ0n) is 6.07. The minimum absolute atomic E-state index is 0.711. The maximum absolute atomic E-state index is 5.52. The Balaban J connectivity index is 4.17. The molecule has 0 aromatic carbocycles. The molecular weight excluding hydrogens is 110 g/mol. The summed E-state index contributed by atoms with van der Waals surface area (Å²) in [7, 11) is 0. The van der Waals surface area contributed by atoms with E-state index >= 15 is 0 Å². The Bertz CT molecular complexity index is 163. The van der Waals surface area contributed by atoms with Gasteiger partial charge in [0.1, 0.15) is 0 Å². The summed E-state index contributed by atoms with van der Waals surface area (Å²) in [6.07, 6.45) is 1.81. The summed E-state index contributed by atoms with van der Waals surface area (Å²) in [5.74, 6) is 0. The summed E-state index contributed by atoms with van der Waals surface area (Å²) in [5, 5.41) is 0. The predicted octanol–water partition coefficient (Wildman–Crippen LogP) is 1.98. The first kappa shape index (κ1) is 8.02. The summed E-state index contributed by atoms with van der Waals surface area (Å²) < 4.78 is 0. The molecular formula is C8H13N. The third-order valence-corrected chi connectivity index (χ3v) is 0.895. The predicted molar refractivity (Wildman–Crippen MR) is 41.9 cm³/mol. The van der Waals surface area contributed by atoms with Gasteiger partial charge in [-0.05, 0) is 25.5 Å². The number of allylic oxidation sites excluding steroid dienone is 3. The molecule has 0 saturated carbocycles. The molecule has 0 heterocycles. The number of hydrogen-bond donors (Lipinski definition) is 1. The van der Waals surface area contributed by atoms with E-state index in [1.54, 1.807) is 0 Å². The van der Waals surface area contributed by atoms with Crippen LogP contribution >= 0.6 is 0 Å². The Kier molecular flexibility index (Phi) is 2.79. The second-order valence-electron chi connectivity index (χ2n) is 2.23. The van der Waals surface area contributed by atoms with Gasteiger partial charge in [0.2, 0.25) is 0 Å². The minimum Gasteiger partial charge on any atom is -0.399 e. The SMILES string of the molecule is C=C(C)/C=C(\N)C(=C)C. The Morgan fingerprint density at radius 3 is 1.89 bits per heavy atom. The van der Waals surface area contributed by atoms with Gasteiger partial charge in [-0.1, -0.05) is 18.7 Å². The van der Waals surface area contributed by atoms with Gasteiger partial charge in [0.05, 0.1) is 0 Å². The highest BCUT2D eigenvalue weighted by Crippen LogP contribution is 2.01. The summed E-state index contributed by atoms with van der Waals surface area (Å²) in [4.78, 5) is 0. The Morgan fingerprint density at radius 2 is 1.78 bits per heavy atom. The van der Waals surface area contributed by atoms with Crippen LogP contribution in [0, 0.1) is 0 Å². The van der Waals surface area contributed by atoms with Crippen LogP contribution in [0.25, 0.3) is 0 Å². The van der Waals surface area contributed by atoms with Crippen LogP contribution < -0.4 is 5.73 Å². The molecule has 1 nitrogen and oxygen atoms in total. The monoisotopic (exact) mass is 123 g/mol. The largest absolute Gasteiger partial charge is 0.399 e. The average molecular weight is 123 g/mol. The van der Waals surface area contributed by atoms with Crippen LogP contribution in [0.4, 0.5) is 0 Å². The van der Waals surface area contributed by atoms with Crippen LogP contribution in [0.5, 0.6) is 0 Å². The van der Waals surface area contributed by atoms with Gasteiger partial charge in [0, 0.05) is 5.70 Å². The molecule has 0 aliphatic heterocycles. The summed E-state index contributed by atoms with van der Waals surface area (Å²) in [5.41, 5.74) is 8.07. The van der Waals surface area contributed by atoms with E-state index in [1.165, 1.54) is 0 Å². The fraction of sp³-hybridized carbons (Fsp3) is 0.250. The van der Waals surface area contributed by atoms with E-state index in [0.29, 0.717) is 5.70 Å². The summed E-state index contributed by atoms with van der Waals surface area (Å²) in [6, 6.07) is 0. The lowest BCUT2D eigenvalue weighted by Crippen LogP contribution is -1.96. The standard InChI is InChI=1S/C8H13N/c1-6(2)5-8(9)7(3)4/h5H,1,3,9H2,2,4H3/b8-5-. The summed E-state index contributed by atoms with van der Waals surface area (Å²) in [6.45, 7) is 11.1. The third kappa shape index (κ3) is 3.59. The highest BCUT2D eigenvalue weighted by atomic mass is 14.6. The first-order valence-electron chi connectivity index (χ1n) is 2.82. The molecule has 0 amide bonds.